The van der Waals surface area contributed by atoms with E-state index in [-0.39, 0.29) is 17.7 Å². The zero-order valence-corrected chi connectivity index (χ0v) is 18.3. The van der Waals surface area contributed by atoms with Gasteiger partial charge in [0.2, 0.25) is 0 Å². The van der Waals surface area contributed by atoms with Crippen LogP contribution in [0.4, 0.5) is 10.2 Å². The highest BCUT2D eigenvalue weighted by Crippen LogP contribution is 2.34. The van der Waals surface area contributed by atoms with E-state index in [0.29, 0.717) is 23.1 Å². The number of carbonyl (C=O) groups is 2. The standard InChI is InChI=1S/C21H25FN2O4.CH5N/c1-12-6-8-14(9-7-12)18-13(2)15(11-25)17(23)19(26)24(18)16(20(27)28-22)10-21(3,4)5;1-2/h6-9,11,16H,10,23H2,1-5H3;2H2,1H3. The van der Waals surface area contributed by atoms with Crippen LogP contribution in [0.5, 0.6) is 0 Å². The number of hydrogen-bond acceptors (Lipinski definition) is 6. The summed E-state index contributed by atoms with van der Waals surface area (Å²) < 4.78 is 14.1. The van der Waals surface area contributed by atoms with Gasteiger partial charge in [0.15, 0.2) is 6.29 Å². The fourth-order valence-electron chi connectivity index (χ4n) is 3.28. The summed E-state index contributed by atoms with van der Waals surface area (Å²) in [6, 6.07) is 5.98. The van der Waals surface area contributed by atoms with E-state index in [1.807, 2.05) is 39.8 Å². The lowest BCUT2D eigenvalue weighted by Gasteiger charge is -2.28. The van der Waals surface area contributed by atoms with Crippen LogP contribution < -0.4 is 17.0 Å². The molecule has 2 rings (SSSR count). The average Bonchev–Trinajstić information content (AvgIpc) is 2.70. The summed E-state index contributed by atoms with van der Waals surface area (Å²) in [4.78, 5) is 40.4. The Labute approximate surface area is 175 Å². The first kappa shape index (κ1) is 25.0. The van der Waals surface area contributed by atoms with Crippen molar-refractivity contribution in [3.63, 3.8) is 0 Å². The van der Waals surface area contributed by atoms with Crippen molar-refractivity contribution in [1.82, 2.24) is 4.57 Å². The van der Waals surface area contributed by atoms with Gasteiger partial charge in [-0.2, -0.15) is 0 Å². The number of aryl methyl sites for hydroxylation is 1. The van der Waals surface area contributed by atoms with Gasteiger partial charge in [0.1, 0.15) is 11.7 Å². The van der Waals surface area contributed by atoms with E-state index in [9.17, 15) is 18.9 Å². The number of aldehydes is 1. The molecule has 0 aliphatic carbocycles. The fraction of sp³-hybridized carbons (Fsp3) is 0.409. The number of pyridine rings is 1. The SMILES string of the molecule is CN.Cc1ccc(-c2c(C)c(C=O)c(N)c(=O)n2C(CC(C)(C)C)C(=O)OF)cc1. The molecule has 4 N–H and O–H groups in total. The van der Waals surface area contributed by atoms with Crippen molar-refractivity contribution >= 4 is 17.9 Å². The van der Waals surface area contributed by atoms with Crippen molar-refractivity contribution in [2.45, 2.75) is 47.1 Å². The van der Waals surface area contributed by atoms with Gasteiger partial charge in [-0.25, -0.2) is 4.79 Å². The topological polar surface area (TPSA) is 117 Å². The summed E-state index contributed by atoms with van der Waals surface area (Å²) in [5, 5.41) is 0. The normalized spacial score (nSPS) is 11.9. The molecule has 2 aromatic rings. The van der Waals surface area contributed by atoms with Gasteiger partial charge in [-0.05, 0) is 43.9 Å². The monoisotopic (exact) mass is 419 g/mol. The molecule has 1 unspecified atom stereocenters. The molecule has 164 valence electrons. The summed E-state index contributed by atoms with van der Waals surface area (Å²) in [5.74, 6) is -1.19. The lowest BCUT2D eigenvalue weighted by atomic mass is 9.87. The molecule has 0 fully saturated rings. The average molecular weight is 419 g/mol. The fourth-order valence-corrected chi connectivity index (χ4v) is 3.28. The summed E-state index contributed by atoms with van der Waals surface area (Å²) in [7, 11) is 1.50. The lowest BCUT2D eigenvalue weighted by Crippen LogP contribution is -2.36. The van der Waals surface area contributed by atoms with Crippen molar-refractivity contribution in [3.05, 3.63) is 51.3 Å². The number of nitrogens with two attached hydrogens (primary N) is 2. The molecule has 0 saturated heterocycles. The third-order valence-corrected chi connectivity index (χ3v) is 4.65. The molecule has 0 bridgehead atoms. The first-order valence-corrected chi connectivity index (χ1v) is 9.48. The molecule has 0 aliphatic heterocycles. The molecule has 1 atom stereocenters. The number of halogens is 1. The van der Waals surface area contributed by atoms with Gasteiger partial charge in [-0.1, -0.05) is 50.6 Å². The van der Waals surface area contributed by atoms with Gasteiger partial charge in [-0.3, -0.25) is 19.1 Å². The van der Waals surface area contributed by atoms with Crippen LogP contribution in [0.3, 0.4) is 0 Å². The third kappa shape index (κ3) is 5.33. The Hall–Kier alpha value is -3.00. The highest BCUT2D eigenvalue weighted by molar-refractivity contribution is 5.89. The Morgan fingerprint density at radius 2 is 1.73 bits per heavy atom. The molecule has 1 heterocycles. The second-order valence-electron chi connectivity index (χ2n) is 8.14. The Morgan fingerprint density at radius 1 is 1.20 bits per heavy atom. The van der Waals surface area contributed by atoms with Gasteiger partial charge in [0, 0.05) is 10.1 Å². The Balaban J connectivity index is 0.00000218. The van der Waals surface area contributed by atoms with E-state index >= 15 is 0 Å². The van der Waals surface area contributed by atoms with Gasteiger partial charge in [0.05, 0.1) is 5.69 Å². The molecule has 0 amide bonds. The van der Waals surface area contributed by atoms with Crippen LogP contribution in [0.15, 0.2) is 29.1 Å². The maximum atomic E-state index is 13.1. The van der Waals surface area contributed by atoms with Crippen LogP contribution >= 0.6 is 0 Å². The quantitative estimate of drug-likeness (QED) is 0.716. The molecule has 0 saturated carbocycles. The van der Waals surface area contributed by atoms with Crippen LogP contribution in [0, 0.1) is 19.3 Å². The smallest absolute Gasteiger partial charge is 0.371 e. The van der Waals surface area contributed by atoms with E-state index in [0.717, 1.165) is 10.1 Å². The van der Waals surface area contributed by atoms with Gasteiger partial charge < -0.3 is 11.5 Å². The number of nitrogens with zero attached hydrogens (tertiary/aromatic N) is 1. The minimum Gasteiger partial charge on any atom is -0.394 e. The van der Waals surface area contributed by atoms with Crippen molar-refractivity contribution in [1.29, 1.82) is 0 Å². The highest BCUT2D eigenvalue weighted by atomic mass is 19.3. The van der Waals surface area contributed by atoms with E-state index < -0.39 is 23.0 Å². The van der Waals surface area contributed by atoms with E-state index in [2.05, 4.69) is 10.7 Å². The zero-order chi connectivity index (χ0) is 23.2. The molecular weight excluding hydrogens is 389 g/mol. The summed E-state index contributed by atoms with van der Waals surface area (Å²) >= 11 is 0. The maximum absolute atomic E-state index is 13.1. The predicted octanol–water partition coefficient (Wildman–Crippen LogP) is 3.51. The summed E-state index contributed by atoms with van der Waals surface area (Å²) in [5.41, 5.74) is 11.4. The number of aromatic nitrogens is 1. The van der Waals surface area contributed by atoms with Gasteiger partial charge in [-0.15, -0.1) is 0 Å². The first-order chi connectivity index (χ1) is 14.0. The second kappa shape index (κ2) is 10.2. The third-order valence-electron chi connectivity index (χ3n) is 4.65. The molecule has 0 spiro atoms. The van der Waals surface area contributed by atoms with Crippen LogP contribution in [0.1, 0.15) is 54.7 Å². The number of benzene rings is 1. The molecule has 30 heavy (non-hydrogen) atoms. The number of hydrogen-bond donors (Lipinski definition) is 2. The molecular formula is C22H30FN3O4. The molecule has 7 nitrogen and oxygen atoms in total. The van der Waals surface area contributed by atoms with Crippen LogP contribution in [-0.4, -0.2) is 23.9 Å². The zero-order valence-electron chi connectivity index (χ0n) is 18.3. The second-order valence-corrected chi connectivity index (χ2v) is 8.14. The van der Waals surface area contributed by atoms with Crippen molar-refractivity contribution in [2.75, 3.05) is 12.8 Å². The number of anilines is 1. The van der Waals surface area contributed by atoms with Gasteiger partial charge >= 0.3 is 5.97 Å². The summed E-state index contributed by atoms with van der Waals surface area (Å²) in [6.07, 6.45) is 0.647. The molecule has 0 radical (unpaired) electrons. The molecule has 1 aromatic carbocycles. The Bertz CT molecular complexity index is 960. The lowest BCUT2D eigenvalue weighted by molar-refractivity contribution is -0.189. The number of rotatable bonds is 5. The predicted molar refractivity (Wildman–Crippen MR) is 116 cm³/mol. The number of carbonyl (C=O) groups excluding carboxylic acids is 2. The van der Waals surface area contributed by atoms with Crippen molar-refractivity contribution in [2.24, 2.45) is 11.1 Å². The largest absolute Gasteiger partial charge is 0.394 e. The molecule has 1 aromatic heterocycles. The maximum Gasteiger partial charge on any atom is 0.371 e. The molecule has 0 aliphatic rings. The highest BCUT2D eigenvalue weighted by Gasteiger charge is 2.33. The number of nitrogen functional groups attached to an aromatic ring is 1. The van der Waals surface area contributed by atoms with Gasteiger partial charge in [0.25, 0.3) is 5.56 Å². The Morgan fingerprint density at radius 3 is 2.17 bits per heavy atom. The van der Waals surface area contributed by atoms with E-state index in [1.54, 1.807) is 19.1 Å². The molecule has 8 heteroatoms. The minimum atomic E-state index is -1.24. The van der Waals surface area contributed by atoms with Crippen LogP contribution in [-0.2, 0) is 9.74 Å². The van der Waals surface area contributed by atoms with Crippen molar-refractivity contribution in [3.8, 4) is 11.3 Å². The van der Waals surface area contributed by atoms with Crippen LogP contribution in [0.25, 0.3) is 11.3 Å². The minimum absolute atomic E-state index is 0.0555. The Kier molecular flexibility index (Phi) is 8.48. The van der Waals surface area contributed by atoms with E-state index in [4.69, 9.17) is 5.73 Å². The van der Waals surface area contributed by atoms with Crippen LogP contribution in [0.2, 0.25) is 0 Å². The first-order valence-electron chi connectivity index (χ1n) is 9.48. The van der Waals surface area contributed by atoms with E-state index in [1.165, 1.54) is 7.05 Å². The van der Waals surface area contributed by atoms with Crippen molar-refractivity contribution < 1.29 is 19.1 Å². The summed E-state index contributed by atoms with van der Waals surface area (Å²) in [6.45, 7) is 9.13.